The molecule has 2 heteroatoms. The van der Waals surface area contributed by atoms with Crippen molar-refractivity contribution in [1.82, 2.24) is 0 Å². The molecule has 0 spiro atoms. The molecule has 0 radical (unpaired) electrons. The maximum Gasteiger partial charge on any atom is 0.0631 e. The summed E-state index contributed by atoms with van der Waals surface area (Å²) >= 11 is 0. The molecule has 0 aromatic heterocycles. The lowest BCUT2D eigenvalue weighted by Gasteiger charge is -2.27. The molecule has 0 atom stereocenters. The third-order valence-corrected chi connectivity index (χ3v) is 3.24. The highest BCUT2D eigenvalue weighted by Gasteiger charge is 2.24. The van der Waals surface area contributed by atoms with Gasteiger partial charge in [0.25, 0.3) is 0 Å². The summed E-state index contributed by atoms with van der Waals surface area (Å²) in [6.45, 7) is 0. The predicted molar refractivity (Wildman–Crippen MR) is 68.2 cm³/mol. The van der Waals surface area contributed by atoms with E-state index in [1.165, 1.54) is 11.1 Å². The van der Waals surface area contributed by atoms with Crippen LogP contribution in [-0.2, 0) is 0 Å². The van der Waals surface area contributed by atoms with Crippen LogP contribution in [0, 0.1) is 11.3 Å². The van der Waals surface area contributed by atoms with Gasteiger partial charge < -0.3 is 5.32 Å². The van der Waals surface area contributed by atoms with Crippen LogP contribution in [0.15, 0.2) is 48.5 Å². The Kier molecular flexibility index (Phi) is 2.31. The van der Waals surface area contributed by atoms with Crippen molar-refractivity contribution < 1.29 is 0 Å². The molecule has 1 aliphatic heterocycles. The van der Waals surface area contributed by atoms with E-state index in [0.717, 1.165) is 11.4 Å². The van der Waals surface area contributed by atoms with Gasteiger partial charge in [-0.15, -0.1) is 0 Å². The van der Waals surface area contributed by atoms with Crippen molar-refractivity contribution in [3.05, 3.63) is 59.7 Å². The van der Waals surface area contributed by atoms with Gasteiger partial charge in [-0.1, -0.05) is 36.4 Å². The Morgan fingerprint density at radius 3 is 2.00 bits per heavy atom. The lowest BCUT2D eigenvalue weighted by Crippen LogP contribution is -2.12. The van der Waals surface area contributed by atoms with E-state index in [4.69, 9.17) is 5.26 Å². The average Bonchev–Trinajstić information content (AvgIpc) is 2.39. The van der Waals surface area contributed by atoms with E-state index in [9.17, 15) is 0 Å². The largest absolute Gasteiger partial charge is 0.355 e. The van der Waals surface area contributed by atoms with Gasteiger partial charge in [-0.05, 0) is 23.3 Å². The molecule has 17 heavy (non-hydrogen) atoms. The number of hydrogen-bond acceptors (Lipinski definition) is 2. The monoisotopic (exact) mass is 220 g/mol. The standard InChI is InChI=1S/C15H12N2/c16-10-9-11-12-5-1-3-7-14(12)17-15-8-4-2-6-13(11)15/h1-8,11,17H,9H2. The van der Waals surface area contributed by atoms with Crippen LogP contribution in [-0.4, -0.2) is 0 Å². The third kappa shape index (κ3) is 1.57. The van der Waals surface area contributed by atoms with Crippen molar-refractivity contribution in [2.24, 2.45) is 0 Å². The second-order valence-corrected chi connectivity index (χ2v) is 4.21. The number of fused-ring (bicyclic) bond motifs is 2. The van der Waals surface area contributed by atoms with Crippen molar-refractivity contribution in [1.29, 1.82) is 5.26 Å². The molecular formula is C15H12N2. The van der Waals surface area contributed by atoms with E-state index in [1.54, 1.807) is 0 Å². The molecule has 0 fully saturated rings. The maximum absolute atomic E-state index is 9.00. The quantitative estimate of drug-likeness (QED) is 0.793. The summed E-state index contributed by atoms with van der Waals surface area (Å²) in [7, 11) is 0. The summed E-state index contributed by atoms with van der Waals surface area (Å²) in [5.74, 6) is 0.189. The molecule has 2 aromatic carbocycles. The van der Waals surface area contributed by atoms with E-state index in [0.29, 0.717) is 6.42 Å². The van der Waals surface area contributed by atoms with Gasteiger partial charge >= 0.3 is 0 Å². The second kappa shape index (κ2) is 3.95. The molecule has 0 bridgehead atoms. The fourth-order valence-corrected chi connectivity index (χ4v) is 2.45. The van der Waals surface area contributed by atoms with Gasteiger partial charge in [-0.25, -0.2) is 0 Å². The first-order valence-corrected chi connectivity index (χ1v) is 5.72. The van der Waals surface area contributed by atoms with Crippen molar-refractivity contribution in [3.8, 4) is 6.07 Å². The summed E-state index contributed by atoms with van der Waals surface area (Å²) in [6, 6.07) is 18.7. The molecule has 2 nitrogen and oxygen atoms in total. The molecule has 0 aliphatic carbocycles. The van der Waals surface area contributed by atoms with E-state index < -0.39 is 0 Å². The number of hydrogen-bond donors (Lipinski definition) is 1. The molecule has 3 rings (SSSR count). The number of para-hydroxylation sites is 2. The summed E-state index contributed by atoms with van der Waals surface area (Å²) in [5, 5.41) is 12.4. The minimum atomic E-state index is 0.189. The Morgan fingerprint density at radius 1 is 0.941 bits per heavy atom. The highest BCUT2D eigenvalue weighted by Crippen LogP contribution is 2.42. The topological polar surface area (TPSA) is 35.8 Å². The van der Waals surface area contributed by atoms with Gasteiger partial charge in [0.15, 0.2) is 0 Å². The Labute approximate surface area is 101 Å². The molecule has 0 amide bonds. The van der Waals surface area contributed by atoms with Crippen LogP contribution in [0.3, 0.4) is 0 Å². The van der Waals surface area contributed by atoms with Crippen LogP contribution in [0.4, 0.5) is 11.4 Å². The Bertz CT molecular complexity index is 550. The van der Waals surface area contributed by atoms with Crippen molar-refractivity contribution in [3.63, 3.8) is 0 Å². The van der Waals surface area contributed by atoms with Crippen LogP contribution in [0.5, 0.6) is 0 Å². The predicted octanol–water partition coefficient (Wildman–Crippen LogP) is 3.79. The first kappa shape index (κ1) is 9.92. The first-order valence-electron chi connectivity index (χ1n) is 5.72. The molecule has 0 saturated carbocycles. The number of rotatable bonds is 1. The Balaban J connectivity index is 2.18. The molecule has 82 valence electrons. The maximum atomic E-state index is 9.00. The molecule has 0 saturated heterocycles. The minimum Gasteiger partial charge on any atom is -0.355 e. The summed E-state index contributed by atoms with van der Waals surface area (Å²) in [4.78, 5) is 0. The zero-order chi connectivity index (χ0) is 11.7. The van der Waals surface area contributed by atoms with Crippen LogP contribution >= 0.6 is 0 Å². The van der Waals surface area contributed by atoms with Gasteiger partial charge in [0.05, 0.1) is 6.07 Å². The fraction of sp³-hybridized carbons (Fsp3) is 0.133. The first-order chi connectivity index (χ1) is 8.40. The molecular weight excluding hydrogens is 208 g/mol. The van der Waals surface area contributed by atoms with Crippen LogP contribution in [0.2, 0.25) is 0 Å². The molecule has 1 aliphatic rings. The Hall–Kier alpha value is -2.27. The number of nitrogens with zero attached hydrogens (tertiary/aromatic N) is 1. The molecule has 2 aromatic rings. The SMILES string of the molecule is N#CCC1c2ccccc2Nc2ccccc21. The minimum absolute atomic E-state index is 0.189. The van der Waals surface area contributed by atoms with Crippen molar-refractivity contribution in [2.45, 2.75) is 12.3 Å². The second-order valence-electron chi connectivity index (χ2n) is 4.21. The van der Waals surface area contributed by atoms with Gasteiger partial charge in [-0.2, -0.15) is 5.26 Å². The summed E-state index contributed by atoms with van der Waals surface area (Å²) < 4.78 is 0. The summed E-state index contributed by atoms with van der Waals surface area (Å²) in [5.41, 5.74) is 4.67. The van der Waals surface area contributed by atoms with Crippen molar-refractivity contribution in [2.75, 3.05) is 5.32 Å². The number of benzene rings is 2. The average molecular weight is 220 g/mol. The molecule has 1 N–H and O–H groups in total. The van der Waals surface area contributed by atoms with E-state index in [1.807, 2.05) is 24.3 Å². The smallest absolute Gasteiger partial charge is 0.0631 e. The fourth-order valence-electron chi connectivity index (χ4n) is 2.45. The number of anilines is 2. The lowest BCUT2D eigenvalue weighted by molar-refractivity contribution is 0.832. The normalized spacial score (nSPS) is 13.1. The van der Waals surface area contributed by atoms with E-state index in [-0.39, 0.29) is 5.92 Å². The van der Waals surface area contributed by atoms with Gasteiger partial charge in [0, 0.05) is 23.7 Å². The number of nitrogens with one attached hydrogen (secondary N) is 1. The van der Waals surface area contributed by atoms with E-state index in [2.05, 4.69) is 35.7 Å². The van der Waals surface area contributed by atoms with Crippen molar-refractivity contribution >= 4 is 11.4 Å². The van der Waals surface area contributed by atoms with Crippen LogP contribution in [0.1, 0.15) is 23.5 Å². The third-order valence-electron chi connectivity index (χ3n) is 3.24. The summed E-state index contributed by atoms with van der Waals surface area (Å²) in [6.07, 6.45) is 0.524. The van der Waals surface area contributed by atoms with Crippen LogP contribution in [0.25, 0.3) is 0 Å². The van der Waals surface area contributed by atoms with Gasteiger partial charge in [0.1, 0.15) is 0 Å². The highest BCUT2D eigenvalue weighted by atomic mass is 14.9. The lowest BCUT2D eigenvalue weighted by atomic mass is 9.84. The van der Waals surface area contributed by atoms with Gasteiger partial charge in [-0.3, -0.25) is 0 Å². The zero-order valence-corrected chi connectivity index (χ0v) is 9.35. The highest BCUT2D eigenvalue weighted by molar-refractivity contribution is 5.73. The molecule has 0 unspecified atom stereocenters. The van der Waals surface area contributed by atoms with Crippen LogP contribution < -0.4 is 5.32 Å². The van der Waals surface area contributed by atoms with E-state index >= 15 is 0 Å². The number of nitriles is 1. The van der Waals surface area contributed by atoms with Gasteiger partial charge in [0.2, 0.25) is 0 Å². The molecule has 1 heterocycles. The Morgan fingerprint density at radius 2 is 1.47 bits per heavy atom. The zero-order valence-electron chi connectivity index (χ0n) is 9.35.